The van der Waals surface area contributed by atoms with Crippen LogP contribution >= 0.6 is 15.9 Å². The highest BCUT2D eigenvalue weighted by Gasteiger charge is 2.21. The van der Waals surface area contributed by atoms with Gasteiger partial charge in [-0.05, 0) is 54.0 Å². The molecule has 0 heterocycles. The first kappa shape index (κ1) is 19.8. The lowest BCUT2D eigenvalue weighted by Crippen LogP contribution is -2.14. The van der Waals surface area contributed by atoms with Crippen molar-refractivity contribution in [1.82, 2.24) is 0 Å². The summed E-state index contributed by atoms with van der Waals surface area (Å²) in [5.74, 6) is -0.0595. The number of carbonyl (C=O) groups is 2. The van der Waals surface area contributed by atoms with Crippen molar-refractivity contribution in [2.24, 2.45) is 0 Å². The number of aryl methyl sites for hydroxylation is 1. The molecular formula is C23H20BrNO3. The zero-order chi connectivity index (χ0) is 20.1. The Hall–Kier alpha value is -2.92. The number of ether oxygens (including phenoxy) is 1. The zero-order valence-electron chi connectivity index (χ0n) is 15.7. The van der Waals surface area contributed by atoms with E-state index in [2.05, 4.69) is 21.2 Å². The molecule has 4 nitrogen and oxygen atoms in total. The minimum atomic E-state index is -0.298. The second-order valence-corrected chi connectivity index (χ2v) is 7.14. The molecule has 0 bridgehead atoms. The molecule has 0 spiro atoms. The number of para-hydroxylation sites is 1. The van der Waals surface area contributed by atoms with Gasteiger partial charge in [-0.25, -0.2) is 0 Å². The summed E-state index contributed by atoms with van der Waals surface area (Å²) in [6.45, 7) is 4.22. The molecule has 0 fully saturated rings. The first-order valence-electron chi connectivity index (χ1n) is 8.93. The Balaban J connectivity index is 2.00. The Bertz CT molecular complexity index is 998. The molecule has 0 aliphatic rings. The van der Waals surface area contributed by atoms with Crippen molar-refractivity contribution >= 4 is 33.3 Å². The van der Waals surface area contributed by atoms with Crippen LogP contribution in [0.4, 0.5) is 5.69 Å². The van der Waals surface area contributed by atoms with Crippen LogP contribution in [0.3, 0.4) is 0 Å². The molecule has 0 aromatic heterocycles. The molecule has 0 aliphatic carbocycles. The van der Waals surface area contributed by atoms with Crippen LogP contribution in [0.2, 0.25) is 0 Å². The molecule has 0 aliphatic heterocycles. The molecule has 28 heavy (non-hydrogen) atoms. The summed E-state index contributed by atoms with van der Waals surface area (Å²) in [6.07, 6.45) is 0. The average molecular weight is 438 g/mol. The van der Waals surface area contributed by atoms with Crippen molar-refractivity contribution in [3.8, 4) is 5.75 Å². The predicted molar refractivity (Wildman–Crippen MR) is 114 cm³/mol. The van der Waals surface area contributed by atoms with Gasteiger partial charge in [0.25, 0.3) is 5.91 Å². The highest BCUT2D eigenvalue weighted by Crippen LogP contribution is 2.33. The van der Waals surface area contributed by atoms with Crippen molar-refractivity contribution < 1.29 is 14.3 Å². The fourth-order valence-corrected chi connectivity index (χ4v) is 3.34. The SMILES string of the molecule is CCOc1c(Br)cc(C(=O)Nc2ccccc2)cc1C(=O)c1ccc(C)cc1. The van der Waals surface area contributed by atoms with Gasteiger partial charge in [-0.1, -0.05) is 48.0 Å². The van der Waals surface area contributed by atoms with Crippen molar-refractivity contribution in [1.29, 1.82) is 0 Å². The van der Waals surface area contributed by atoms with E-state index in [-0.39, 0.29) is 11.7 Å². The number of hydrogen-bond acceptors (Lipinski definition) is 3. The summed E-state index contributed by atoms with van der Waals surface area (Å²) in [7, 11) is 0. The predicted octanol–water partition coefficient (Wildman–Crippen LogP) is 5.64. The molecule has 3 rings (SSSR count). The standard InChI is InChI=1S/C23H20BrNO3/c1-3-28-22-19(21(26)16-11-9-15(2)10-12-16)13-17(14-20(22)24)23(27)25-18-7-5-4-6-8-18/h4-14H,3H2,1-2H3,(H,25,27). The van der Waals surface area contributed by atoms with E-state index in [1.807, 2.05) is 44.2 Å². The molecule has 142 valence electrons. The molecule has 1 N–H and O–H groups in total. The molecular weight excluding hydrogens is 418 g/mol. The van der Waals surface area contributed by atoms with Crippen molar-refractivity contribution in [2.45, 2.75) is 13.8 Å². The third-order valence-electron chi connectivity index (χ3n) is 4.18. The molecule has 0 atom stereocenters. The summed E-state index contributed by atoms with van der Waals surface area (Å²) in [4.78, 5) is 25.8. The Morgan fingerprint density at radius 3 is 2.29 bits per heavy atom. The van der Waals surface area contributed by atoms with E-state index in [0.717, 1.165) is 5.56 Å². The molecule has 5 heteroatoms. The zero-order valence-corrected chi connectivity index (χ0v) is 17.2. The Kier molecular flexibility index (Phi) is 6.26. The number of carbonyl (C=O) groups excluding carboxylic acids is 2. The van der Waals surface area contributed by atoms with E-state index in [9.17, 15) is 9.59 Å². The Morgan fingerprint density at radius 2 is 1.64 bits per heavy atom. The number of halogens is 1. The molecule has 0 saturated heterocycles. The fraction of sp³-hybridized carbons (Fsp3) is 0.130. The maximum absolute atomic E-state index is 13.1. The average Bonchev–Trinajstić information content (AvgIpc) is 2.70. The minimum Gasteiger partial charge on any atom is -0.492 e. The van der Waals surface area contributed by atoms with Gasteiger partial charge in [0.05, 0.1) is 16.6 Å². The van der Waals surface area contributed by atoms with Gasteiger partial charge in [0.1, 0.15) is 5.75 Å². The number of amides is 1. The molecule has 3 aromatic carbocycles. The number of anilines is 1. The first-order chi connectivity index (χ1) is 13.5. The molecule has 0 radical (unpaired) electrons. The summed E-state index contributed by atoms with van der Waals surface area (Å²) < 4.78 is 6.25. The van der Waals surface area contributed by atoms with E-state index in [1.165, 1.54) is 0 Å². The third-order valence-corrected chi connectivity index (χ3v) is 4.77. The van der Waals surface area contributed by atoms with E-state index in [1.54, 1.807) is 36.4 Å². The van der Waals surface area contributed by atoms with E-state index < -0.39 is 0 Å². The maximum atomic E-state index is 13.1. The lowest BCUT2D eigenvalue weighted by Gasteiger charge is -2.14. The minimum absolute atomic E-state index is 0.196. The third kappa shape index (κ3) is 4.49. The van der Waals surface area contributed by atoms with E-state index in [0.29, 0.717) is 39.2 Å². The van der Waals surface area contributed by atoms with Crippen LogP contribution in [0.1, 0.15) is 38.8 Å². The van der Waals surface area contributed by atoms with Gasteiger partial charge in [0.15, 0.2) is 5.78 Å². The highest BCUT2D eigenvalue weighted by molar-refractivity contribution is 9.10. The van der Waals surface area contributed by atoms with Gasteiger partial charge in [0.2, 0.25) is 0 Å². The lowest BCUT2D eigenvalue weighted by molar-refractivity contribution is 0.102. The number of hydrogen-bond donors (Lipinski definition) is 1. The maximum Gasteiger partial charge on any atom is 0.255 e. The summed E-state index contributed by atoms with van der Waals surface area (Å²) in [5.41, 5.74) is 3.01. The van der Waals surface area contributed by atoms with Crippen molar-refractivity contribution in [3.63, 3.8) is 0 Å². The lowest BCUT2D eigenvalue weighted by atomic mass is 9.99. The second kappa shape index (κ2) is 8.85. The van der Waals surface area contributed by atoms with Crippen LogP contribution in [0.15, 0.2) is 71.2 Å². The van der Waals surface area contributed by atoms with Gasteiger partial charge in [-0.2, -0.15) is 0 Å². The second-order valence-electron chi connectivity index (χ2n) is 6.28. The van der Waals surface area contributed by atoms with Crippen LogP contribution < -0.4 is 10.1 Å². The Labute approximate surface area is 172 Å². The summed E-state index contributed by atoms with van der Waals surface area (Å²) in [5, 5.41) is 2.84. The van der Waals surface area contributed by atoms with Gasteiger partial charge in [0, 0.05) is 16.8 Å². The van der Waals surface area contributed by atoms with Crippen LogP contribution in [-0.2, 0) is 0 Å². The quantitative estimate of drug-likeness (QED) is 0.507. The van der Waals surface area contributed by atoms with E-state index >= 15 is 0 Å². The molecule has 1 amide bonds. The number of ketones is 1. The topological polar surface area (TPSA) is 55.4 Å². The first-order valence-corrected chi connectivity index (χ1v) is 9.73. The van der Waals surface area contributed by atoms with Crippen molar-refractivity contribution in [3.05, 3.63) is 93.5 Å². The molecule has 0 unspecified atom stereocenters. The molecule has 3 aromatic rings. The summed E-state index contributed by atoms with van der Waals surface area (Å²) >= 11 is 3.45. The molecule has 0 saturated carbocycles. The largest absolute Gasteiger partial charge is 0.492 e. The number of benzene rings is 3. The fourth-order valence-electron chi connectivity index (χ4n) is 2.77. The van der Waals surface area contributed by atoms with Crippen LogP contribution in [-0.4, -0.2) is 18.3 Å². The smallest absolute Gasteiger partial charge is 0.255 e. The Morgan fingerprint density at radius 1 is 0.964 bits per heavy atom. The summed E-state index contributed by atoms with van der Waals surface area (Å²) in [6, 6.07) is 19.7. The van der Waals surface area contributed by atoms with Gasteiger partial charge in [-0.3, -0.25) is 9.59 Å². The van der Waals surface area contributed by atoms with E-state index in [4.69, 9.17) is 4.74 Å². The highest BCUT2D eigenvalue weighted by atomic mass is 79.9. The van der Waals surface area contributed by atoms with Crippen molar-refractivity contribution in [2.75, 3.05) is 11.9 Å². The van der Waals surface area contributed by atoms with Gasteiger partial charge >= 0.3 is 0 Å². The normalized spacial score (nSPS) is 10.4. The van der Waals surface area contributed by atoms with Crippen LogP contribution in [0, 0.1) is 6.92 Å². The number of nitrogens with one attached hydrogen (secondary N) is 1. The van der Waals surface area contributed by atoms with Gasteiger partial charge in [-0.15, -0.1) is 0 Å². The monoisotopic (exact) mass is 437 g/mol. The van der Waals surface area contributed by atoms with Gasteiger partial charge < -0.3 is 10.1 Å². The van der Waals surface area contributed by atoms with Crippen LogP contribution in [0.25, 0.3) is 0 Å². The van der Waals surface area contributed by atoms with Crippen LogP contribution in [0.5, 0.6) is 5.75 Å². The number of rotatable bonds is 6.